The lowest BCUT2D eigenvalue weighted by Gasteiger charge is -2.67. The maximum Gasteiger partial charge on any atom is 0.159 e. The van der Waals surface area contributed by atoms with Crippen molar-refractivity contribution in [1.82, 2.24) is 20.1 Å². The van der Waals surface area contributed by atoms with Gasteiger partial charge in [-0.05, 0) is 163 Å². The highest BCUT2D eigenvalue weighted by molar-refractivity contribution is 5.54. The average Bonchev–Trinajstić information content (AvgIpc) is 3.80. The molecule has 0 amide bonds. The van der Waals surface area contributed by atoms with Crippen LogP contribution in [-0.2, 0) is 12.5 Å². The lowest BCUT2D eigenvalue weighted by Crippen LogP contribution is -2.60. The quantitative estimate of drug-likeness (QED) is 0.210. The molecule has 4 fully saturated rings. The van der Waals surface area contributed by atoms with Crippen molar-refractivity contribution in [2.75, 3.05) is 0 Å². The maximum atomic E-state index is 5.10. The largest absolute Gasteiger partial charge is 0.378 e. The van der Waals surface area contributed by atoms with Gasteiger partial charge in [-0.25, -0.2) is 0 Å². The van der Waals surface area contributed by atoms with Gasteiger partial charge in [0.2, 0.25) is 0 Å². The predicted molar refractivity (Wildman–Crippen MR) is 267 cm³/mol. The van der Waals surface area contributed by atoms with E-state index in [2.05, 4.69) is 143 Å². The zero-order valence-corrected chi connectivity index (χ0v) is 43.2. The number of hydrogen-bond donors (Lipinski definition) is 1. The zero-order valence-electron chi connectivity index (χ0n) is 43.2. The van der Waals surface area contributed by atoms with E-state index in [9.17, 15) is 0 Å². The minimum absolute atomic E-state index is 0.0420. The van der Waals surface area contributed by atoms with E-state index < -0.39 is 0 Å². The van der Waals surface area contributed by atoms with Crippen LogP contribution in [0.5, 0.6) is 0 Å². The third-order valence-electron chi connectivity index (χ3n) is 16.1. The van der Waals surface area contributed by atoms with E-state index in [1.807, 2.05) is 41.5 Å². The molecule has 0 aromatic carbocycles. The summed E-state index contributed by atoms with van der Waals surface area (Å²) < 4.78 is 2.34. The molecule has 4 nitrogen and oxygen atoms in total. The molecule has 0 saturated heterocycles. The maximum absolute atomic E-state index is 5.10. The first kappa shape index (κ1) is 52.5. The first-order chi connectivity index (χ1) is 28.8. The highest BCUT2D eigenvalue weighted by atomic mass is 15.3. The van der Waals surface area contributed by atoms with Gasteiger partial charge < -0.3 is 9.88 Å². The van der Waals surface area contributed by atoms with Gasteiger partial charge in [0.25, 0.3) is 0 Å². The van der Waals surface area contributed by atoms with E-state index in [0.29, 0.717) is 28.6 Å². The Kier molecular flexibility index (Phi) is 18.7. The fraction of sp³-hybridized carbons (Fsp3) is 0.737. The molecule has 2 heterocycles. The van der Waals surface area contributed by atoms with Crippen LogP contribution in [0.25, 0.3) is 0 Å². The summed E-state index contributed by atoms with van der Waals surface area (Å²) in [5.41, 5.74) is 11.6. The van der Waals surface area contributed by atoms with E-state index in [4.69, 9.17) is 10.2 Å². The molecular weight excluding hydrogens is 741 g/mol. The van der Waals surface area contributed by atoms with Crippen LogP contribution >= 0.6 is 0 Å². The Morgan fingerprint density at radius 3 is 2.08 bits per heavy atom. The van der Waals surface area contributed by atoms with E-state index in [0.717, 1.165) is 60.5 Å². The van der Waals surface area contributed by atoms with Crippen LogP contribution in [0.1, 0.15) is 206 Å². The molecule has 7 rings (SSSR count). The number of nitrogens with zero attached hydrogens (tertiary/aromatic N) is 3. The van der Waals surface area contributed by atoms with Crippen LogP contribution in [0.2, 0.25) is 0 Å². The molecule has 0 spiro atoms. The van der Waals surface area contributed by atoms with Crippen molar-refractivity contribution in [2.24, 2.45) is 70.6 Å². The lowest BCUT2D eigenvalue weighted by molar-refractivity contribution is -0.168. The van der Waals surface area contributed by atoms with Crippen LogP contribution in [0.3, 0.4) is 0 Å². The summed E-state index contributed by atoms with van der Waals surface area (Å²) in [7, 11) is 2.21. The SMILES string of the molecule is C=C=C1CC2(c3nnc(C4C=CC(C)=CN4)n3C)CCC3C(CCC4C3(C)CCC3C(C)C(CC(=C)CC(C)(C)C=C)CCC34C)C2=C1C(C)C.CC.CC.CC.CC(C)C. The molecule has 0 bridgehead atoms. The van der Waals surface area contributed by atoms with Gasteiger partial charge in [-0.3, -0.25) is 0 Å². The molecule has 10 unspecified atom stereocenters. The number of aromatic nitrogens is 3. The molecule has 1 N–H and O–H groups in total. The fourth-order valence-corrected chi connectivity index (χ4v) is 13.7. The molecule has 1 aromatic heterocycles. The second-order valence-electron chi connectivity index (χ2n) is 21.5. The van der Waals surface area contributed by atoms with Crippen molar-refractivity contribution in [3.05, 3.63) is 89.4 Å². The molecule has 344 valence electrons. The number of allylic oxidation sites excluding steroid dienone is 7. The van der Waals surface area contributed by atoms with Crippen LogP contribution < -0.4 is 5.32 Å². The Balaban J connectivity index is 0.000000914. The normalized spacial score (nSPS) is 33.5. The van der Waals surface area contributed by atoms with Gasteiger partial charge in [-0.2, -0.15) is 0 Å². The molecule has 1 aromatic rings. The minimum atomic E-state index is -0.121. The summed E-state index contributed by atoms with van der Waals surface area (Å²) in [5, 5.41) is 13.6. The van der Waals surface area contributed by atoms with E-state index in [1.165, 1.54) is 68.1 Å². The summed E-state index contributed by atoms with van der Waals surface area (Å²) >= 11 is 0. The summed E-state index contributed by atoms with van der Waals surface area (Å²) in [5.74, 6) is 7.88. The Labute approximate surface area is 378 Å². The Morgan fingerprint density at radius 1 is 0.934 bits per heavy atom. The topological polar surface area (TPSA) is 42.7 Å². The summed E-state index contributed by atoms with van der Waals surface area (Å²) in [4.78, 5) is 0. The first-order valence-corrected chi connectivity index (χ1v) is 25.3. The summed E-state index contributed by atoms with van der Waals surface area (Å²) in [6.45, 7) is 51.1. The first-order valence-electron chi connectivity index (χ1n) is 25.3. The third-order valence-corrected chi connectivity index (χ3v) is 16.1. The Morgan fingerprint density at radius 2 is 1.52 bits per heavy atom. The van der Waals surface area contributed by atoms with Crippen molar-refractivity contribution >= 4 is 0 Å². The molecule has 10 atom stereocenters. The van der Waals surface area contributed by atoms with Gasteiger partial charge in [0.05, 0.1) is 5.41 Å². The summed E-state index contributed by atoms with van der Waals surface area (Å²) in [6, 6.07) is 0.0420. The zero-order chi connectivity index (χ0) is 46.2. The van der Waals surface area contributed by atoms with Gasteiger partial charge in [0.1, 0.15) is 11.9 Å². The monoisotopic (exact) mass is 837 g/mol. The number of rotatable bonds is 8. The number of fused-ring (bicyclic) bond motifs is 7. The second-order valence-corrected chi connectivity index (χ2v) is 21.5. The predicted octanol–water partition coefficient (Wildman–Crippen LogP) is 16.4. The van der Waals surface area contributed by atoms with Gasteiger partial charge >= 0.3 is 0 Å². The van der Waals surface area contributed by atoms with Crippen molar-refractivity contribution in [2.45, 2.75) is 200 Å². The second kappa shape index (κ2) is 21.7. The van der Waals surface area contributed by atoms with Gasteiger partial charge in [-0.15, -0.1) is 22.5 Å². The van der Waals surface area contributed by atoms with E-state index >= 15 is 0 Å². The van der Waals surface area contributed by atoms with Crippen molar-refractivity contribution in [3.8, 4) is 0 Å². The van der Waals surface area contributed by atoms with Crippen LogP contribution in [0.4, 0.5) is 0 Å². The van der Waals surface area contributed by atoms with Crippen molar-refractivity contribution < 1.29 is 0 Å². The molecule has 4 heteroatoms. The Hall–Kier alpha value is -2.84. The standard InChI is InChI=1S/C47H68N4.C4H10.3C2H6/c1-13-33-27-47(43-50-49-42(51(43)12)38-17-15-30(5)28-48-38)24-21-37-35(41(47)40(33)29(3)4)16-18-39-45(10)22-19-34(25-31(6)26-44(8,9)14-2)32(7)36(45)20-23-46(37,39)11;1-4(2)3;3*1-2/h14-15,17,28-29,32,34-39,48H,1-2,6,16,18-27H2,3-5,7-12H3;4H,1-3H3;3*1-2H3. The average molecular weight is 837 g/mol. The smallest absolute Gasteiger partial charge is 0.159 e. The molecular formula is C57H96N4. The van der Waals surface area contributed by atoms with Crippen LogP contribution in [-0.4, -0.2) is 14.8 Å². The van der Waals surface area contributed by atoms with E-state index in [-0.39, 0.29) is 16.9 Å². The van der Waals surface area contributed by atoms with Crippen LogP contribution in [0.15, 0.2) is 77.8 Å². The third kappa shape index (κ3) is 10.3. The number of hydrogen-bond acceptors (Lipinski definition) is 3. The van der Waals surface area contributed by atoms with Gasteiger partial charge in [0, 0.05) is 13.2 Å². The fourth-order valence-electron chi connectivity index (χ4n) is 13.7. The molecule has 61 heavy (non-hydrogen) atoms. The molecule has 1 aliphatic heterocycles. The number of dihydropyridines is 1. The molecule has 6 aliphatic rings. The molecule has 0 radical (unpaired) electrons. The van der Waals surface area contributed by atoms with Gasteiger partial charge in [-0.1, -0.05) is 148 Å². The van der Waals surface area contributed by atoms with E-state index in [1.54, 1.807) is 11.1 Å². The molecule has 4 saturated carbocycles. The van der Waals surface area contributed by atoms with Gasteiger partial charge in [0.15, 0.2) is 5.82 Å². The number of nitrogens with one attached hydrogen (secondary N) is 1. The van der Waals surface area contributed by atoms with Crippen LogP contribution in [0, 0.1) is 63.6 Å². The minimum Gasteiger partial charge on any atom is -0.378 e. The lowest BCUT2D eigenvalue weighted by atomic mass is 9.37. The van der Waals surface area contributed by atoms with Crippen molar-refractivity contribution in [1.29, 1.82) is 0 Å². The highest BCUT2D eigenvalue weighted by Gasteiger charge is 2.65. The molecule has 5 aliphatic carbocycles. The summed E-state index contributed by atoms with van der Waals surface area (Å²) in [6.07, 6.45) is 22.4. The Bertz CT molecular complexity index is 1770. The van der Waals surface area contributed by atoms with Crippen molar-refractivity contribution in [3.63, 3.8) is 0 Å². The highest BCUT2D eigenvalue weighted by Crippen LogP contribution is 2.72.